The maximum absolute atomic E-state index is 13.3. The average Bonchev–Trinajstić information content (AvgIpc) is 3.10. The normalized spacial score (nSPS) is 28.2. The molecule has 0 N–H and O–H groups in total. The Hall–Kier alpha value is -1.31. The smallest absolute Gasteiger partial charge is 0.282 e. The molecule has 0 bridgehead atoms. The molecule has 2 heterocycles. The van der Waals surface area contributed by atoms with Crippen LogP contribution < -0.4 is 9.47 Å². The van der Waals surface area contributed by atoms with Crippen LogP contribution in [0.2, 0.25) is 0 Å². The van der Waals surface area contributed by atoms with Gasteiger partial charge in [0.15, 0.2) is 11.5 Å². The first-order chi connectivity index (χ1) is 12.4. The molecule has 7 heteroatoms. The molecule has 0 amide bonds. The van der Waals surface area contributed by atoms with Gasteiger partial charge in [0.25, 0.3) is 10.2 Å². The summed E-state index contributed by atoms with van der Waals surface area (Å²) in [7, 11) is -0.267. The molecule has 3 rings (SSSR count). The minimum absolute atomic E-state index is 0.146. The highest BCUT2D eigenvalue weighted by molar-refractivity contribution is 7.86. The quantitative estimate of drug-likeness (QED) is 0.785. The van der Waals surface area contributed by atoms with E-state index in [4.69, 9.17) is 9.47 Å². The summed E-state index contributed by atoms with van der Waals surface area (Å²) in [6.45, 7) is 6.06. The highest BCUT2D eigenvalue weighted by Gasteiger charge is 2.41. The van der Waals surface area contributed by atoms with Gasteiger partial charge in [-0.2, -0.15) is 17.0 Å². The molecule has 0 spiro atoms. The minimum Gasteiger partial charge on any atom is -0.493 e. The maximum atomic E-state index is 13.3. The molecule has 2 saturated heterocycles. The van der Waals surface area contributed by atoms with Gasteiger partial charge in [0.05, 0.1) is 20.3 Å². The van der Waals surface area contributed by atoms with E-state index < -0.39 is 10.2 Å². The summed E-state index contributed by atoms with van der Waals surface area (Å²) in [4.78, 5) is 0. The molecule has 0 aromatic heterocycles. The highest BCUT2D eigenvalue weighted by Crippen LogP contribution is 2.39. The second-order valence-electron chi connectivity index (χ2n) is 7.65. The van der Waals surface area contributed by atoms with Crippen LogP contribution in [0.5, 0.6) is 11.5 Å². The van der Waals surface area contributed by atoms with Crippen molar-refractivity contribution in [1.82, 2.24) is 8.61 Å². The fourth-order valence-corrected chi connectivity index (χ4v) is 6.44. The lowest BCUT2D eigenvalue weighted by Crippen LogP contribution is -2.49. The van der Waals surface area contributed by atoms with E-state index in [-0.39, 0.29) is 6.04 Å². The zero-order chi connectivity index (χ0) is 18.9. The Balaban J connectivity index is 1.88. The second-order valence-corrected chi connectivity index (χ2v) is 9.54. The van der Waals surface area contributed by atoms with Gasteiger partial charge in [-0.25, -0.2) is 0 Å². The van der Waals surface area contributed by atoms with Gasteiger partial charge in [0.1, 0.15) is 0 Å². The lowest BCUT2D eigenvalue weighted by molar-refractivity contribution is 0.206. The van der Waals surface area contributed by atoms with Crippen LogP contribution in [0, 0.1) is 11.8 Å². The van der Waals surface area contributed by atoms with Crippen LogP contribution in [0.3, 0.4) is 0 Å². The van der Waals surface area contributed by atoms with E-state index in [0.717, 1.165) is 24.8 Å². The number of methoxy groups -OCH3 is 2. The van der Waals surface area contributed by atoms with E-state index >= 15 is 0 Å². The molecule has 0 radical (unpaired) electrons. The number of rotatable bonds is 5. The van der Waals surface area contributed by atoms with Crippen molar-refractivity contribution < 1.29 is 17.9 Å². The third-order valence-corrected chi connectivity index (χ3v) is 7.43. The molecule has 2 aliphatic heterocycles. The van der Waals surface area contributed by atoms with E-state index in [1.807, 2.05) is 18.2 Å². The van der Waals surface area contributed by atoms with Crippen LogP contribution >= 0.6 is 0 Å². The zero-order valence-corrected chi connectivity index (χ0v) is 17.0. The molecule has 1 aromatic rings. The van der Waals surface area contributed by atoms with Crippen molar-refractivity contribution in [3.05, 3.63) is 23.8 Å². The van der Waals surface area contributed by atoms with Gasteiger partial charge in [-0.15, -0.1) is 0 Å². The van der Waals surface area contributed by atoms with E-state index in [0.29, 0.717) is 43.0 Å². The molecule has 2 aliphatic rings. The summed E-state index contributed by atoms with van der Waals surface area (Å²) >= 11 is 0. The number of nitrogens with zero attached hydrogens (tertiary/aromatic N) is 2. The van der Waals surface area contributed by atoms with E-state index in [2.05, 4.69) is 13.8 Å². The van der Waals surface area contributed by atoms with E-state index in [1.54, 1.807) is 22.8 Å². The monoisotopic (exact) mass is 382 g/mol. The Labute approximate surface area is 157 Å². The van der Waals surface area contributed by atoms with Crippen LogP contribution in [-0.4, -0.2) is 50.9 Å². The fraction of sp³-hybridized carbons (Fsp3) is 0.684. The van der Waals surface area contributed by atoms with Crippen LogP contribution in [0.15, 0.2) is 18.2 Å². The Kier molecular flexibility index (Phi) is 5.79. The van der Waals surface area contributed by atoms with Gasteiger partial charge in [0.2, 0.25) is 0 Å². The Morgan fingerprint density at radius 3 is 2.31 bits per heavy atom. The summed E-state index contributed by atoms with van der Waals surface area (Å²) < 4.78 is 40.7. The molecule has 0 saturated carbocycles. The van der Waals surface area contributed by atoms with Crippen LogP contribution in [0.1, 0.15) is 44.7 Å². The van der Waals surface area contributed by atoms with Crippen molar-refractivity contribution >= 4 is 10.2 Å². The minimum atomic E-state index is -3.47. The van der Waals surface area contributed by atoms with Gasteiger partial charge in [-0.1, -0.05) is 19.9 Å². The molecule has 0 unspecified atom stereocenters. The van der Waals surface area contributed by atoms with Gasteiger partial charge < -0.3 is 9.47 Å². The molecule has 2 fully saturated rings. The van der Waals surface area contributed by atoms with Crippen molar-refractivity contribution in [2.24, 2.45) is 11.8 Å². The van der Waals surface area contributed by atoms with Crippen molar-refractivity contribution in [1.29, 1.82) is 0 Å². The maximum Gasteiger partial charge on any atom is 0.282 e. The predicted molar refractivity (Wildman–Crippen MR) is 102 cm³/mol. The molecular formula is C19H30N2O4S. The standard InChI is InChI=1S/C19H30N2O4S/c1-14-10-15(2)13-20(12-14)26(22,23)21-9-5-6-17(21)16-7-8-18(24-3)19(11-16)25-4/h7-8,11,14-15,17H,5-6,9-10,12-13H2,1-4H3/t14-,15+,17-/m1/s1. The molecule has 6 nitrogen and oxygen atoms in total. The third-order valence-electron chi connectivity index (χ3n) is 5.45. The number of ether oxygens (including phenoxy) is 2. The molecule has 26 heavy (non-hydrogen) atoms. The number of benzene rings is 1. The van der Waals surface area contributed by atoms with Gasteiger partial charge in [-0.3, -0.25) is 0 Å². The summed E-state index contributed by atoms with van der Waals surface area (Å²) in [5.41, 5.74) is 0.960. The first-order valence-corrected chi connectivity index (χ1v) is 10.7. The lowest BCUT2D eigenvalue weighted by atomic mass is 9.94. The first-order valence-electron chi connectivity index (χ1n) is 9.35. The average molecular weight is 383 g/mol. The largest absolute Gasteiger partial charge is 0.493 e. The van der Waals surface area contributed by atoms with Crippen molar-refractivity contribution in [2.45, 2.75) is 39.2 Å². The first kappa shape index (κ1) is 19.5. The van der Waals surface area contributed by atoms with Crippen LogP contribution in [0.4, 0.5) is 0 Å². The van der Waals surface area contributed by atoms with E-state index in [1.165, 1.54) is 0 Å². The highest BCUT2D eigenvalue weighted by atomic mass is 32.2. The second kappa shape index (κ2) is 7.74. The van der Waals surface area contributed by atoms with Crippen LogP contribution in [-0.2, 0) is 10.2 Å². The van der Waals surface area contributed by atoms with Gasteiger partial charge >= 0.3 is 0 Å². The summed E-state index contributed by atoms with van der Waals surface area (Å²) in [6.07, 6.45) is 2.79. The van der Waals surface area contributed by atoms with Gasteiger partial charge in [0, 0.05) is 19.6 Å². The molecular weight excluding hydrogens is 352 g/mol. The molecule has 0 aliphatic carbocycles. The van der Waals surface area contributed by atoms with Crippen molar-refractivity contribution in [3.63, 3.8) is 0 Å². The van der Waals surface area contributed by atoms with E-state index in [9.17, 15) is 8.42 Å². The topological polar surface area (TPSA) is 59.1 Å². The van der Waals surface area contributed by atoms with Crippen molar-refractivity contribution in [3.8, 4) is 11.5 Å². The number of hydrogen-bond donors (Lipinski definition) is 0. The SMILES string of the molecule is COc1ccc([C@H]2CCCN2S(=O)(=O)N2C[C@H](C)C[C@H](C)C2)cc1OC. The number of hydrogen-bond acceptors (Lipinski definition) is 4. The summed E-state index contributed by atoms with van der Waals surface area (Å²) in [5.74, 6) is 2.09. The number of piperidine rings is 1. The van der Waals surface area contributed by atoms with Gasteiger partial charge in [-0.05, 0) is 48.8 Å². The lowest BCUT2D eigenvalue weighted by Gasteiger charge is -2.37. The summed E-state index contributed by atoms with van der Waals surface area (Å²) in [5, 5.41) is 0. The third kappa shape index (κ3) is 3.70. The molecule has 146 valence electrons. The molecule has 1 aromatic carbocycles. The Bertz CT molecular complexity index is 727. The Morgan fingerprint density at radius 2 is 1.69 bits per heavy atom. The summed E-state index contributed by atoms with van der Waals surface area (Å²) in [6, 6.07) is 5.55. The predicted octanol–water partition coefficient (Wildman–Crippen LogP) is 3.06. The zero-order valence-electron chi connectivity index (χ0n) is 16.1. The van der Waals surface area contributed by atoms with Crippen molar-refractivity contribution in [2.75, 3.05) is 33.9 Å². The fourth-order valence-electron chi connectivity index (χ4n) is 4.35. The Morgan fingerprint density at radius 1 is 1.04 bits per heavy atom. The van der Waals surface area contributed by atoms with Crippen LogP contribution in [0.25, 0.3) is 0 Å². The molecule has 3 atom stereocenters.